The highest BCUT2D eigenvalue weighted by Crippen LogP contribution is 2.36. The van der Waals surface area contributed by atoms with Crippen LogP contribution in [0.15, 0.2) is 34.5 Å². The second-order valence-electron chi connectivity index (χ2n) is 6.08. The monoisotopic (exact) mass is 408 g/mol. The predicted molar refractivity (Wildman–Crippen MR) is 98.6 cm³/mol. The Balaban J connectivity index is 1.55. The number of aryl methyl sites for hydroxylation is 1. The smallest absolute Gasteiger partial charge is 0.250 e. The standard InChI is InChI=1S/C17H17FN4O3S2/c1-25-13-9-11(18)4-5-12(13)14-6-7-17(26-14)27(23,24)19-10-16-21-20-15-3-2-8-22(15)16/h4-7,9,19H,2-3,8,10H2,1H3. The highest BCUT2D eigenvalue weighted by Gasteiger charge is 2.22. The van der Waals surface area contributed by atoms with Gasteiger partial charge >= 0.3 is 0 Å². The second kappa shape index (κ2) is 7.02. The van der Waals surface area contributed by atoms with Crippen LogP contribution < -0.4 is 9.46 Å². The van der Waals surface area contributed by atoms with Crippen molar-refractivity contribution in [1.29, 1.82) is 0 Å². The fourth-order valence-electron chi connectivity index (χ4n) is 3.05. The number of benzene rings is 1. The van der Waals surface area contributed by atoms with Gasteiger partial charge in [-0.05, 0) is 30.7 Å². The lowest BCUT2D eigenvalue weighted by atomic mass is 10.1. The molecule has 1 aromatic carbocycles. The minimum absolute atomic E-state index is 0.0858. The third kappa shape index (κ3) is 3.47. The normalized spacial score (nSPS) is 13.7. The summed E-state index contributed by atoms with van der Waals surface area (Å²) in [6.07, 6.45) is 1.87. The number of aromatic nitrogens is 3. The number of ether oxygens (including phenoxy) is 1. The van der Waals surface area contributed by atoms with E-state index in [2.05, 4.69) is 14.9 Å². The first-order valence-electron chi connectivity index (χ1n) is 8.32. The molecule has 7 nitrogen and oxygen atoms in total. The van der Waals surface area contributed by atoms with Gasteiger partial charge in [-0.2, -0.15) is 0 Å². The lowest BCUT2D eigenvalue weighted by Gasteiger charge is -2.07. The number of hydrogen-bond donors (Lipinski definition) is 1. The van der Waals surface area contributed by atoms with E-state index in [1.165, 1.54) is 25.3 Å². The third-order valence-electron chi connectivity index (χ3n) is 4.38. The Morgan fingerprint density at radius 3 is 2.96 bits per heavy atom. The van der Waals surface area contributed by atoms with Gasteiger partial charge in [-0.1, -0.05) is 0 Å². The minimum Gasteiger partial charge on any atom is -0.496 e. The molecule has 27 heavy (non-hydrogen) atoms. The Morgan fingerprint density at radius 1 is 1.30 bits per heavy atom. The number of nitrogens with one attached hydrogen (secondary N) is 1. The Hall–Kier alpha value is -2.30. The highest BCUT2D eigenvalue weighted by atomic mass is 32.2. The third-order valence-corrected chi connectivity index (χ3v) is 7.39. The van der Waals surface area contributed by atoms with Crippen molar-refractivity contribution < 1.29 is 17.5 Å². The quantitative estimate of drug-likeness (QED) is 0.678. The number of methoxy groups -OCH3 is 1. The fourth-order valence-corrected chi connectivity index (χ4v) is 5.41. The fraction of sp³-hybridized carbons (Fsp3) is 0.294. The summed E-state index contributed by atoms with van der Waals surface area (Å²) in [6.45, 7) is 0.898. The van der Waals surface area contributed by atoms with Gasteiger partial charge in [0.1, 0.15) is 27.4 Å². The van der Waals surface area contributed by atoms with Gasteiger partial charge in [0.2, 0.25) is 10.0 Å². The van der Waals surface area contributed by atoms with Crippen LogP contribution in [0.5, 0.6) is 5.75 Å². The van der Waals surface area contributed by atoms with Crippen molar-refractivity contribution in [3.63, 3.8) is 0 Å². The Bertz CT molecular complexity index is 1090. The molecule has 2 aromatic heterocycles. The van der Waals surface area contributed by atoms with Crippen molar-refractivity contribution >= 4 is 21.4 Å². The van der Waals surface area contributed by atoms with Gasteiger partial charge in [0.15, 0.2) is 0 Å². The van der Waals surface area contributed by atoms with Crippen molar-refractivity contribution in [1.82, 2.24) is 19.5 Å². The van der Waals surface area contributed by atoms with Gasteiger partial charge in [-0.3, -0.25) is 0 Å². The van der Waals surface area contributed by atoms with Gasteiger partial charge in [-0.15, -0.1) is 21.5 Å². The molecule has 1 aliphatic heterocycles. The number of fused-ring (bicyclic) bond motifs is 1. The summed E-state index contributed by atoms with van der Waals surface area (Å²) in [5.74, 6) is 1.45. The molecule has 3 heterocycles. The minimum atomic E-state index is -3.70. The van der Waals surface area contributed by atoms with E-state index in [0.717, 1.165) is 36.5 Å². The van der Waals surface area contributed by atoms with E-state index in [0.29, 0.717) is 22.0 Å². The van der Waals surface area contributed by atoms with E-state index in [1.54, 1.807) is 12.1 Å². The molecule has 0 saturated carbocycles. The molecule has 0 amide bonds. The molecule has 0 aliphatic carbocycles. The largest absolute Gasteiger partial charge is 0.496 e. The Kier molecular flexibility index (Phi) is 4.70. The average molecular weight is 408 g/mol. The van der Waals surface area contributed by atoms with Crippen molar-refractivity contribution in [3.8, 4) is 16.2 Å². The maximum absolute atomic E-state index is 13.4. The Morgan fingerprint density at radius 2 is 2.15 bits per heavy atom. The van der Waals surface area contributed by atoms with Crippen molar-refractivity contribution in [2.75, 3.05) is 7.11 Å². The number of thiophene rings is 1. The van der Waals surface area contributed by atoms with E-state index >= 15 is 0 Å². The van der Waals surface area contributed by atoms with Crippen LogP contribution in [0.25, 0.3) is 10.4 Å². The zero-order valence-corrected chi connectivity index (χ0v) is 16.1. The first-order chi connectivity index (χ1) is 13.0. The molecule has 1 N–H and O–H groups in total. The first kappa shape index (κ1) is 18.1. The van der Waals surface area contributed by atoms with Crippen LogP contribution in [-0.2, 0) is 29.5 Å². The van der Waals surface area contributed by atoms with Crippen LogP contribution in [0.2, 0.25) is 0 Å². The summed E-state index contributed by atoms with van der Waals surface area (Å²) in [5.41, 5.74) is 0.639. The summed E-state index contributed by atoms with van der Waals surface area (Å²) in [7, 11) is -2.25. The van der Waals surface area contributed by atoms with Crippen LogP contribution in [0, 0.1) is 5.82 Å². The van der Waals surface area contributed by atoms with Crippen molar-refractivity contribution in [2.45, 2.75) is 30.1 Å². The molecule has 3 aromatic rings. The average Bonchev–Trinajstić information content (AvgIpc) is 3.37. The number of hydrogen-bond acceptors (Lipinski definition) is 6. The van der Waals surface area contributed by atoms with Gasteiger partial charge in [0.25, 0.3) is 0 Å². The van der Waals surface area contributed by atoms with Crippen LogP contribution >= 0.6 is 11.3 Å². The molecule has 10 heteroatoms. The van der Waals surface area contributed by atoms with E-state index in [-0.39, 0.29) is 10.8 Å². The van der Waals surface area contributed by atoms with Gasteiger partial charge < -0.3 is 9.30 Å². The van der Waals surface area contributed by atoms with E-state index in [4.69, 9.17) is 4.74 Å². The van der Waals surface area contributed by atoms with Crippen LogP contribution in [0.1, 0.15) is 18.1 Å². The number of sulfonamides is 1. The van der Waals surface area contributed by atoms with E-state index in [1.807, 2.05) is 4.57 Å². The molecule has 0 fully saturated rings. The summed E-state index contributed by atoms with van der Waals surface area (Å²) < 4.78 is 48.5. The molecular weight excluding hydrogens is 391 g/mol. The van der Waals surface area contributed by atoms with Crippen LogP contribution in [0.3, 0.4) is 0 Å². The van der Waals surface area contributed by atoms with Crippen molar-refractivity contribution in [2.24, 2.45) is 0 Å². The number of rotatable bonds is 6. The summed E-state index contributed by atoms with van der Waals surface area (Å²) in [5, 5.41) is 8.13. The number of nitrogens with zero attached hydrogens (tertiary/aromatic N) is 3. The molecule has 0 radical (unpaired) electrons. The molecule has 0 atom stereocenters. The predicted octanol–water partition coefficient (Wildman–Crippen LogP) is 2.58. The van der Waals surface area contributed by atoms with Crippen LogP contribution in [-0.4, -0.2) is 30.3 Å². The Labute approximate surface area is 159 Å². The second-order valence-corrected chi connectivity index (χ2v) is 9.15. The zero-order valence-electron chi connectivity index (χ0n) is 14.5. The molecule has 0 saturated heterocycles. The van der Waals surface area contributed by atoms with Crippen molar-refractivity contribution in [3.05, 3.63) is 47.8 Å². The molecule has 0 spiro atoms. The molecule has 142 valence electrons. The maximum Gasteiger partial charge on any atom is 0.250 e. The molecule has 4 rings (SSSR count). The number of halogens is 1. The summed E-state index contributed by atoms with van der Waals surface area (Å²) in [6, 6.07) is 7.37. The molecule has 1 aliphatic rings. The SMILES string of the molecule is COc1cc(F)ccc1-c1ccc(S(=O)(=O)NCc2nnc3n2CCC3)s1. The summed E-state index contributed by atoms with van der Waals surface area (Å²) >= 11 is 1.10. The van der Waals surface area contributed by atoms with Gasteiger partial charge in [0, 0.05) is 29.5 Å². The first-order valence-corrected chi connectivity index (χ1v) is 10.6. The van der Waals surface area contributed by atoms with Crippen LogP contribution in [0.4, 0.5) is 4.39 Å². The zero-order chi connectivity index (χ0) is 19.0. The lowest BCUT2D eigenvalue weighted by molar-refractivity contribution is 0.413. The molecular formula is C17H17FN4O3S2. The van der Waals surface area contributed by atoms with Gasteiger partial charge in [0.05, 0.1) is 13.7 Å². The van der Waals surface area contributed by atoms with Gasteiger partial charge in [-0.25, -0.2) is 17.5 Å². The summed E-state index contributed by atoms with van der Waals surface area (Å²) in [4.78, 5) is 0.676. The molecule has 0 bridgehead atoms. The topological polar surface area (TPSA) is 86.1 Å². The maximum atomic E-state index is 13.4. The highest BCUT2D eigenvalue weighted by molar-refractivity contribution is 7.91. The van der Waals surface area contributed by atoms with E-state index < -0.39 is 15.8 Å². The lowest BCUT2D eigenvalue weighted by Crippen LogP contribution is -2.24. The van der Waals surface area contributed by atoms with E-state index in [9.17, 15) is 12.8 Å². The molecule has 0 unspecified atom stereocenters.